The molecular weight excluding hydrogens is 236 g/mol. The van der Waals surface area contributed by atoms with Crippen LogP contribution in [-0.4, -0.2) is 19.1 Å². The number of pyridine rings is 1. The predicted molar refractivity (Wildman–Crippen MR) is 77.6 cm³/mol. The molecule has 1 unspecified atom stereocenters. The minimum absolute atomic E-state index is 0.109. The molecule has 0 amide bonds. The lowest BCUT2D eigenvalue weighted by atomic mass is 9.93. The summed E-state index contributed by atoms with van der Waals surface area (Å²) in [5.74, 6) is 0.808. The molecule has 0 saturated carbocycles. The quantitative estimate of drug-likeness (QED) is 0.913. The van der Waals surface area contributed by atoms with Crippen LogP contribution in [0.2, 0.25) is 0 Å². The zero-order valence-corrected chi connectivity index (χ0v) is 11.9. The summed E-state index contributed by atoms with van der Waals surface area (Å²) in [6, 6.07) is 8.49. The summed E-state index contributed by atoms with van der Waals surface area (Å²) in [4.78, 5) is 4.11. The van der Waals surface area contributed by atoms with Gasteiger partial charge in [0.05, 0.1) is 19.3 Å². The largest absolute Gasteiger partial charge is 0.495 e. The Morgan fingerprint density at radius 1 is 1.16 bits per heavy atom. The molecule has 1 N–H and O–H groups in total. The predicted octanol–water partition coefficient (Wildman–Crippen LogP) is 3.02. The molecule has 1 atom stereocenters. The molecule has 2 rings (SSSR count). The fourth-order valence-corrected chi connectivity index (χ4v) is 2.36. The van der Waals surface area contributed by atoms with Gasteiger partial charge in [0, 0.05) is 11.8 Å². The first-order valence-electron chi connectivity index (χ1n) is 6.40. The molecule has 3 nitrogen and oxygen atoms in total. The minimum Gasteiger partial charge on any atom is -0.495 e. The lowest BCUT2D eigenvalue weighted by molar-refractivity contribution is 0.403. The number of benzene rings is 1. The monoisotopic (exact) mass is 256 g/mol. The standard InChI is InChI=1S/C16H20N2O/c1-11-6-5-7-13(12(11)2)16(17-3)14-8-9-18-10-15(14)19-4/h5-10,16-17H,1-4H3. The minimum atomic E-state index is 0.109. The van der Waals surface area contributed by atoms with Gasteiger partial charge in [-0.25, -0.2) is 0 Å². The highest BCUT2D eigenvalue weighted by molar-refractivity contribution is 5.44. The Labute approximate surface area is 114 Å². The summed E-state index contributed by atoms with van der Waals surface area (Å²) < 4.78 is 5.42. The molecule has 1 aromatic heterocycles. The van der Waals surface area contributed by atoms with E-state index < -0.39 is 0 Å². The van der Waals surface area contributed by atoms with Crippen molar-refractivity contribution < 1.29 is 4.74 Å². The maximum absolute atomic E-state index is 5.42. The van der Waals surface area contributed by atoms with Crippen LogP contribution in [0, 0.1) is 13.8 Å². The highest BCUT2D eigenvalue weighted by Crippen LogP contribution is 2.31. The van der Waals surface area contributed by atoms with Gasteiger partial charge in [0.1, 0.15) is 5.75 Å². The van der Waals surface area contributed by atoms with Crippen molar-refractivity contribution in [3.05, 3.63) is 58.9 Å². The fraction of sp³-hybridized carbons (Fsp3) is 0.312. The van der Waals surface area contributed by atoms with E-state index in [2.05, 4.69) is 42.3 Å². The lowest BCUT2D eigenvalue weighted by Gasteiger charge is -2.22. The number of ether oxygens (including phenoxy) is 1. The normalized spacial score (nSPS) is 12.2. The van der Waals surface area contributed by atoms with Crippen LogP contribution >= 0.6 is 0 Å². The molecule has 3 heteroatoms. The number of nitrogens with zero attached hydrogens (tertiary/aromatic N) is 1. The van der Waals surface area contributed by atoms with E-state index in [1.165, 1.54) is 16.7 Å². The second-order valence-electron chi connectivity index (χ2n) is 4.63. The van der Waals surface area contributed by atoms with Crippen LogP contribution in [0.3, 0.4) is 0 Å². The van der Waals surface area contributed by atoms with Crippen molar-refractivity contribution in [2.24, 2.45) is 0 Å². The third-order valence-electron chi connectivity index (χ3n) is 3.59. The molecule has 0 saturated heterocycles. The van der Waals surface area contributed by atoms with Crippen LogP contribution in [0.1, 0.15) is 28.3 Å². The first kappa shape index (κ1) is 13.6. The molecule has 0 fully saturated rings. The Bertz CT molecular complexity index is 566. The molecule has 19 heavy (non-hydrogen) atoms. The molecule has 2 aromatic rings. The smallest absolute Gasteiger partial charge is 0.142 e. The molecule has 100 valence electrons. The van der Waals surface area contributed by atoms with Crippen molar-refractivity contribution in [2.45, 2.75) is 19.9 Å². The highest BCUT2D eigenvalue weighted by Gasteiger charge is 2.18. The zero-order chi connectivity index (χ0) is 13.8. The third-order valence-corrected chi connectivity index (χ3v) is 3.59. The van der Waals surface area contributed by atoms with Gasteiger partial charge in [-0.15, -0.1) is 0 Å². The number of aryl methyl sites for hydroxylation is 1. The van der Waals surface area contributed by atoms with Crippen LogP contribution in [0.5, 0.6) is 5.75 Å². The maximum atomic E-state index is 5.42. The molecule has 0 aliphatic heterocycles. The van der Waals surface area contributed by atoms with Crippen molar-refractivity contribution >= 4 is 0 Å². The van der Waals surface area contributed by atoms with Crippen molar-refractivity contribution in [1.29, 1.82) is 0 Å². The average Bonchev–Trinajstić information content (AvgIpc) is 2.45. The maximum Gasteiger partial charge on any atom is 0.142 e. The first-order valence-corrected chi connectivity index (χ1v) is 6.40. The van der Waals surface area contributed by atoms with Crippen molar-refractivity contribution in [3.63, 3.8) is 0 Å². The molecule has 1 heterocycles. The van der Waals surface area contributed by atoms with Gasteiger partial charge < -0.3 is 10.1 Å². The van der Waals surface area contributed by atoms with E-state index in [0.29, 0.717) is 0 Å². The molecular formula is C16H20N2O. The molecule has 0 aliphatic rings. The summed E-state index contributed by atoms with van der Waals surface area (Å²) >= 11 is 0. The Morgan fingerprint density at radius 2 is 1.95 bits per heavy atom. The summed E-state index contributed by atoms with van der Waals surface area (Å²) in [5.41, 5.74) is 4.98. The van der Waals surface area contributed by atoms with E-state index in [1.807, 2.05) is 13.1 Å². The van der Waals surface area contributed by atoms with Gasteiger partial charge in [-0.2, -0.15) is 0 Å². The van der Waals surface area contributed by atoms with Gasteiger partial charge in [-0.3, -0.25) is 4.98 Å². The SMILES string of the molecule is CNC(c1ccncc1OC)c1cccc(C)c1C. The van der Waals surface area contributed by atoms with Gasteiger partial charge in [0.2, 0.25) is 0 Å². The lowest BCUT2D eigenvalue weighted by Crippen LogP contribution is -2.19. The van der Waals surface area contributed by atoms with Gasteiger partial charge in [0.25, 0.3) is 0 Å². The van der Waals surface area contributed by atoms with Crippen LogP contribution in [0.25, 0.3) is 0 Å². The topological polar surface area (TPSA) is 34.2 Å². The third kappa shape index (κ3) is 2.61. The van der Waals surface area contributed by atoms with Gasteiger partial charge >= 0.3 is 0 Å². The molecule has 0 radical (unpaired) electrons. The Morgan fingerprint density at radius 3 is 2.63 bits per heavy atom. The summed E-state index contributed by atoms with van der Waals surface area (Å²) in [6.45, 7) is 4.29. The molecule has 0 aliphatic carbocycles. The van der Waals surface area contributed by atoms with Crippen molar-refractivity contribution in [3.8, 4) is 5.75 Å². The van der Waals surface area contributed by atoms with Crippen LogP contribution < -0.4 is 10.1 Å². The first-order chi connectivity index (χ1) is 9.19. The molecule has 0 bridgehead atoms. The van der Waals surface area contributed by atoms with E-state index in [4.69, 9.17) is 4.74 Å². The van der Waals surface area contributed by atoms with Crippen LogP contribution in [0.4, 0.5) is 0 Å². The Balaban J connectivity index is 2.53. The van der Waals surface area contributed by atoms with E-state index in [-0.39, 0.29) is 6.04 Å². The van der Waals surface area contributed by atoms with E-state index in [9.17, 15) is 0 Å². The van der Waals surface area contributed by atoms with E-state index in [0.717, 1.165) is 11.3 Å². The summed E-state index contributed by atoms with van der Waals surface area (Å²) in [7, 11) is 3.64. The van der Waals surface area contributed by atoms with Gasteiger partial charge in [-0.05, 0) is 43.7 Å². The zero-order valence-electron chi connectivity index (χ0n) is 11.9. The van der Waals surface area contributed by atoms with Gasteiger partial charge in [0.15, 0.2) is 0 Å². The van der Waals surface area contributed by atoms with E-state index >= 15 is 0 Å². The van der Waals surface area contributed by atoms with Gasteiger partial charge in [-0.1, -0.05) is 18.2 Å². The summed E-state index contributed by atoms with van der Waals surface area (Å²) in [6.07, 6.45) is 3.55. The number of aromatic nitrogens is 1. The second kappa shape index (κ2) is 5.85. The second-order valence-corrected chi connectivity index (χ2v) is 4.63. The number of methoxy groups -OCH3 is 1. The Hall–Kier alpha value is -1.87. The van der Waals surface area contributed by atoms with E-state index in [1.54, 1.807) is 19.5 Å². The van der Waals surface area contributed by atoms with Crippen LogP contribution in [0.15, 0.2) is 36.7 Å². The molecule has 1 aromatic carbocycles. The number of hydrogen-bond acceptors (Lipinski definition) is 3. The highest BCUT2D eigenvalue weighted by atomic mass is 16.5. The average molecular weight is 256 g/mol. The summed E-state index contributed by atoms with van der Waals surface area (Å²) in [5, 5.41) is 3.37. The number of hydrogen-bond donors (Lipinski definition) is 1. The number of rotatable bonds is 4. The number of nitrogens with one attached hydrogen (secondary N) is 1. The van der Waals surface area contributed by atoms with Crippen molar-refractivity contribution in [1.82, 2.24) is 10.3 Å². The molecule has 0 spiro atoms. The fourth-order valence-electron chi connectivity index (χ4n) is 2.36. The van der Waals surface area contributed by atoms with Crippen LogP contribution in [-0.2, 0) is 0 Å². The van der Waals surface area contributed by atoms with Crippen molar-refractivity contribution in [2.75, 3.05) is 14.2 Å². The Kier molecular flexibility index (Phi) is 4.17.